The Morgan fingerprint density at radius 2 is 2.14 bits per heavy atom. The van der Waals surface area contributed by atoms with E-state index in [-0.39, 0.29) is 4.47 Å². The molecule has 0 radical (unpaired) electrons. The van der Waals surface area contributed by atoms with Gasteiger partial charge in [0.1, 0.15) is 5.56 Å². The van der Waals surface area contributed by atoms with Gasteiger partial charge in [-0.05, 0) is 15.9 Å². The van der Waals surface area contributed by atoms with Crippen LogP contribution in [0.25, 0.3) is 0 Å². The largest absolute Gasteiger partial charge is 0.343 e. The number of hydrogen-bond acceptors (Lipinski definition) is 3. The Morgan fingerprint density at radius 3 is 2.50 bits per heavy atom. The fraction of sp³-hybridized carbons (Fsp3) is 0.167. The minimum Gasteiger partial charge on any atom is -0.322 e. The Labute approximate surface area is 84.0 Å². The number of hydrogen-bond donors (Lipinski definition) is 1. The predicted octanol–water partition coefficient (Wildman–Crippen LogP) is 1.98. The van der Waals surface area contributed by atoms with Crippen molar-refractivity contribution in [2.24, 2.45) is 0 Å². The first kappa shape index (κ1) is 10.8. The lowest BCUT2D eigenvalue weighted by Gasteiger charge is -2.02. The van der Waals surface area contributed by atoms with Crippen LogP contribution in [-0.2, 0) is 0 Å². The van der Waals surface area contributed by atoms with E-state index >= 15 is 0 Å². The van der Waals surface area contributed by atoms with E-state index in [1.54, 1.807) is 0 Å². The van der Waals surface area contributed by atoms with Crippen molar-refractivity contribution in [1.29, 1.82) is 0 Å². The minimum absolute atomic E-state index is 0.196. The highest BCUT2D eigenvalue weighted by atomic mass is 79.9. The van der Waals surface area contributed by atoms with Crippen molar-refractivity contribution in [1.82, 2.24) is 4.98 Å². The van der Waals surface area contributed by atoms with Gasteiger partial charge in [-0.15, -0.1) is 0 Å². The normalized spacial score (nSPS) is 10.6. The van der Waals surface area contributed by atoms with Crippen molar-refractivity contribution >= 4 is 21.6 Å². The number of aromatic nitrogens is 1. The van der Waals surface area contributed by atoms with E-state index in [0.29, 0.717) is 0 Å². The highest BCUT2D eigenvalue weighted by Gasteiger charge is 2.28. The Hall–Kier alpha value is -1.31. The van der Waals surface area contributed by atoms with Crippen LogP contribution in [0.5, 0.6) is 0 Å². The summed E-state index contributed by atoms with van der Waals surface area (Å²) >= 11 is 2.70. The molecule has 0 aliphatic heterocycles. The molecule has 0 atom stereocenters. The fourth-order valence-electron chi connectivity index (χ4n) is 0.899. The molecule has 0 bridgehead atoms. The lowest BCUT2D eigenvalue weighted by atomic mass is 10.2. The van der Waals surface area contributed by atoms with Crippen LogP contribution in [0.3, 0.4) is 0 Å². The quantitative estimate of drug-likeness (QED) is 0.658. The molecule has 0 aromatic carbocycles. The fourth-order valence-corrected chi connectivity index (χ4v) is 1.37. The molecule has 0 amide bonds. The van der Waals surface area contributed by atoms with Gasteiger partial charge >= 0.3 is 11.2 Å². The zero-order chi connectivity index (χ0) is 10.9. The smallest absolute Gasteiger partial charge is 0.322 e. The first-order chi connectivity index (χ1) is 6.45. The lowest BCUT2D eigenvalue weighted by molar-refractivity contribution is -0.387. The van der Waals surface area contributed by atoms with Crippen LogP contribution in [0, 0.1) is 10.1 Å². The molecule has 1 aromatic rings. The molecule has 1 rings (SSSR count). The maximum atomic E-state index is 12.3. The number of nitro groups is 1. The number of nitrogens with zero attached hydrogens (tertiary/aromatic N) is 1. The van der Waals surface area contributed by atoms with Crippen LogP contribution in [0.2, 0.25) is 0 Å². The molecule has 0 aliphatic carbocycles. The van der Waals surface area contributed by atoms with Gasteiger partial charge in [-0.2, -0.15) is 0 Å². The Morgan fingerprint density at radius 1 is 1.57 bits per heavy atom. The van der Waals surface area contributed by atoms with Gasteiger partial charge in [0.2, 0.25) is 0 Å². The first-order valence-corrected chi connectivity index (χ1v) is 4.08. The van der Waals surface area contributed by atoms with Crippen LogP contribution >= 0.6 is 15.9 Å². The van der Waals surface area contributed by atoms with E-state index in [4.69, 9.17) is 0 Å². The van der Waals surface area contributed by atoms with E-state index in [2.05, 4.69) is 15.9 Å². The molecule has 0 aliphatic rings. The molecule has 0 saturated heterocycles. The van der Waals surface area contributed by atoms with Gasteiger partial charge in [-0.25, -0.2) is 8.78 Å². The molecule has 1 aromatic heterocycles. The summed E-state index contributed by atoms with van der Waals surface area (Å²) in [5.74, 6) is 0. The maximum Gasteiger partial charge on any atom is 0.343 e. The van der Waals surface area contributed by atoms with Crippen LogP contribution in [0.15, 0.2) is 15.5 Å². The van der Waals surface area contributed by atoms with E-state index in [0.717, 1.165) is 6.20 Å². The standard InChI is InChI=1S/C6H3BrF2N2O3/c7-2-1-10-6(12)4(11(13)14)3(2)5(8)9/h1,5H,(H,10,12). The first-order valence-electron chi connectivity index (χ1n) is 3.28. The predicted molar refractivity (Wildman–Crippen MR) is 46.4 cm³/mol. The van der Waals surface area contributed by atoms with Gasteiger partial charge < -0.3 is 4.98 Å². The number of halogens is 3. The summed E-state index contributed by atoms with van der Waals surface area (Å²) in [6.07, 6.45) is -2.14. The SMILES string of the molecule is O=c1[nH]cc(Br)c(C(F)F)c1[N+](=O)[O-]. The van der Waals surface area contributed by atoms with Gasteiger partial charge in [0.15, 0.2) is 0 Å². The highest BCUT2D eigenvalue weighted by Crippen LogP contribution is 2.31. The number of pyridine rings is 1. The van der Waals surface area contributed by atoms with Crippen LogP contribution in [-0.4, -0.2) is 9.91 Å². The topological polar surface area (TPSA) is 76.0 Å². The van der Waals surface area contributed by atoms with Crippen LogP contribution in [0.1, 0.15) is 12.0 Å². The molecule has 1 heterocycles. The third-order valence-corrected chi connectivity index (χ3v) is 2.11. The third-order valence-electron chi connectivity index (χ3n) is 1.46. The summed E-state index contributed by atoms with van der Waals surface area (Å²) in [4.78, 5) is 22.1. The molecule has 1 N–H and O–H groups in total. The summed E-state index contributed by atoms with van der Waals surface area (Å²) in [7, 11) is 0. The number of nitrogens with one attached hydrogen (secondary N) is 1. The van der Waals surface area contributed by atoms with Crippen molar-refractivity contribution in [3.8, 4) is 0 Å². The van der Waals surface area contributed by atoms with Crippen molar-refractivity contribution < 1.29 is 13.7 Å². The Bertz CT molecular complexity index is 432. The molecule has 0 unspecified atom stereocenters. The van der Waals surface area contributed by atoms with Gasteiger partial charge in [-0.3, -0.25) is 14.9 Å². The highest BCUT2D eigenvalue weighted by molar-refractivity contribution is 9.10. The van der Waals surface area contributed by atoms with Crippen molar-refractivity contribution in [2.45, 2.75) is 6.43 Å². The van der Waals surface area contributed by atoms with Gasteiger partial charge in [0.25, 0.3) is 6.43 Å². The van der Waals surface area contributed by atoms with Gasteiger partial charge in [0, 0.05) is 10.7 Å². The summed E-state index contributed by atoms with van der Waals surface area (Å²) < 4.78 is 24.5. The zero-order valence-electron chi connectivity index (χ0n) is 6.46. The molecule has 0 saturated carbocycles. The molecular formula is C6H3BrF2N2O3. The van der Waals surface area contributed by atoms with E-state index in [1.807, 2.05) is 4.98 Å². The molecular weight excluding hydrogens is 266 g/mol. The van der Waals surface area contributed by atoms with Crippen molar-refractivity contribution in [3.63, 3.8) is 0 Å². The maximum absolute atomic E-state index is 12.3. The average Bonchev–Trinajstić information content (AvgIpc) is 2.07. The summed E-state index contributed by atoms with van der Waals surface area (Å²) in [6.45, 7) is 0. The Balaban J connectivity index is 3.58. The molecule has 14 heavy (non-hydrogen) atoms. The zero-order valence-corrected chi connectivity index (χ0v) is 8.05. The van der Waals surface area contributed by atoms with Gasteiger partial charge in [-0.1, -0.05) is 0 Å². The second-order valence-electron chi connectivity index (χ2n) is 2.29. The van der Waals surface area contributed by atoms with Gasteiger partial charge in [0.05, 0.1) is 4.92 Å². The Kier molecular flexibility index (Phi) is 2.94. The van der Waals surface area contributed by atoms with E-state index in [9.17, 15) is 23.7 Å². The summed E-state index contributed by atoms with van der Waals surface area (Å²) in [6, 6.07) is 0. The van der Waals surface area contributed by atoms with Crippen LogP contribution in [0.4, 0.5) is 14.5 Å². The second-order valence-corrected chi connectivity index (χ2v) is 3.14. The third kappa shape index (κ3) is 1.79. The number of aromatic amines is 1. The molecule has 8 heteroatoms. The molecule has 0 fully saturated rings. The summed E-state index contributed by atoms with van der Waals surface area (Å²) in [5, 5.41) is 10.3. The van der Waals surface area contributed by atoms with Crippen molar-refractivity contribution in [3.05, 3.63) is 36.7 Å². The van der Waals surface area contributed by atoms with Crippen molar-refractivity contribution in [2.75, 3.05) is 0 Å². The minimum atomic E-state index is -3.08. The lowest BCUT2D eigenvalue weighted by Crippen LogP contribution is -2.14. The van der Waals surface area contributed by atoms with E-state index < -0.39 is 28.2 Å². The molecule has 0 spiro atoms. The monoisotopic (exact) mass is 268 g/mol. The van der Waals surface area contributed by atoms with Crippen LogP contribution < -0.4 is 5.56 Å². The summed E-state index contributed by atoms with van der Waals surface area (Å²) in [5.41, 5.74) is -3.18. The average molecular weight is 269 g/mol. The number of H-pyrrole nitrogens is 1. The number of alkyl halides is 2. The molecule has 5 nitrogen and oxygen atoms in total. The second kappa shape index (κ2) is 3.82. The van der Waals surface area contributed by atoms with E-state index in [1.165, 1.54) is 0 Å². The number of rotatable bonds is 2. The molecule has 76 valence electrons.